The fraction of sp³-hybridized carbons (Fsp3) is 0.769. The third kappa shape index (κ3) is 3.34. The van der Waals surface area contributed by atoms with Gasteiger partial charge in [-0.15, -0.1) is 0 Å². The normalized spacial score (nSPS) is 15.4. The van der Waals surface area contributed by atoms with Gasteiger partial charge in [-0.1, -0.05) is 27.7 Å². The maximum Gasteiger partial charge on any atom is 0.111 e. The zero-order valence-corrected chi connectivity index (χ0v) is 11.2. The molecule has 3 nitrogen and oxygen atoms in total. The number of hydrogen-bond acceptors (Lipinski definition) is 2. The van der Waals surface area contributed by atoms with Crippen LogP contribution in [0.3, 0.4) is 0 Å². The van der Waals surface area contributed by atoms with Gasteiger partial charge in [-0.3, -0.25) is 0 Å². The minimum absolute atomic E-state index is 0.501. The summed E-state index contributed by atoms with van der Waals surface area (Å²) < 4.78 is 2.23. The lowest BCUT2D eigenvalue weighted by Crippen LogP contribution is -2.30. The second-order valence-electron chi connectivity index (χ2n) is 4.90. The molecule has 0 radical (unpaired) electrons. The number of aryl methyl sites for hydroxylation is 1. The van der Waals surface area contributed by atoms with Crippen LogP contribution in [-0.4, -0.2) is 22.1 Å². The molecule has 0 fully saturated rings. The van der Waals surface area contributed by atoms with Crippen LogP contribution < -0.4 is 5.32 Å². The molecule has 0 aliphatic heterocycles. The predicted molar refractivity (Wildman–Crippen MR) is 68.6 cm³/mol. The number of hydrogen-bond donors (Lipinski definition) is 1. The Bertz CT molecular complexity index is 304. The van der Waals surface area contributed by atoms with Gasteiger partial charge in [0, 0.05) is 30.9 Å². The van der Waals surface area contributed by atoms with Gasteiger partial charge in [0.15, 0.2) is 0 Å². The van der Waals surface area contributed by atoms with E-state index in [1.807, 2.05) is 6.20 Å². The van der Waals surface area contributed by atoms with Crippen LogP contribution in [0.4, 0.5) is 0 Å². The van der Waals surface area contributed by atoms with Gasteiger partial charge in [0.1, 0.15) is 5.82 Å². The molecule has 0 saturated carbocycles. The summed E-state index contributed by atoms with van der Waals surface area (Å²) in [6.07, 6.45) is 3.96. The lowest BCUT2D eigenvalue weighted by Gasteiger charge is -2.22. The highest BCUT2D eigenvalue weighted by Gasteiger charge is 2.18. The Labute approximate surface area is 99.3 Å². The Balaban J connectivity index is 2.59. The number of nitrogens with zero attached hydrogens (tertiary/aromatic N) is 2. The first-order valence-corrected chi connectivity index (χ1v) is 6.30. The van der Waals surface area contributed by atoms with Crippen LogP contribution in [0.1, 0.15) is 46.4 Å². The summed E-state index contributed by atoms with van der Waals surface area (Å²) in [7, 11) is 0. The Morgan fingerprint density at radius 3 is 2.56 bits per heavy atom. The van der Waals surface area contributed by atoms with Crippen LogP contribution in [0.15, 0.2) is 12.4 Å². The predicted octanol–water partition coefficient (Wildman–Crippen LogP) is 2.64. The van der Waals surface area contributed by atoms with Crippen molar-refractivity contribution in [2.24, 2.45) is 5.92 Å². The first kappa shape index (κ1) is 13.2. The van der Waals surface area contributed by atoms with Gasteiger partial charge in [-0.25, -0.2) is 4.98 Å². The molecule has 92 valence electrons. The molecule has 0 aliphatic rings. The fourth-order valence-electron chi connectivity index (χ4n) is 1.84. The van der Waals surface area contributed by atoms with Gasteiger partial charge >= 0.3 is 0 Å². The highest BCUT2D eigenvalue weighted by Crippen LogP contribution is 2.22. The molecule has 3 heteroatoms. The number of imidazole rings is 1. The van der Waals surface area contributed by atoms with Crippen molar-refractivity contribution in [1.82, 2.24) is 14.9 Å². The van der Waals surface area contributed by atoms with Crippen LogP contribution in [0.5, 0.6) is 0 Å². The smallest absolute Gasteiger partial charge is 0.111 e. The number of nitrogens with one attached hydrogen (secondary N) is 1. The van der Waals surface area contributed by atoms with Gasteiger partial charge in [0.25, 0.3) is 0 Å². The summed E-state index contributed by atoms with van der Waals surface area (Å²) in [4.78, 5) is 4.47. The van der Waals surface area contributed by atoms with E-state index in [0.29, 0.717) is 17.9 Å². The van der Waals surface area contributed by atoms with E-state index < -0.39 is 0 Å². The van der Waals surface area contributed by atoms with Crippen molar-refractivity contribution in [2.75, 3.05) is 6.54 Å². The largest absolute Gasteiger partial charge is 0.335 e. The second kappa shape index (κ2) is 6.04. The van der Waals surface area contributed by atoms with Crippen LogP contribution in [0.2, 0.25) is 0 Å². The van der Waals surface area contributed by atoms with E-state index in [-0.39, 0.29) is 0 Å². The molecule has 1 aromatic heterocycles. The summed E-state index contributed by atoms with van der Waals surface area (Å²) in [5.41, 5.74) is 0. The van der Waals surface area contributed by atoms with E-state index in [9.17, 15) is 0 Å². The molecule has 0 bridgehead atoms. The van der Waals surface area contributed by atoms with E-state index >= 15 is 0 Å². The van der Waals surface area contributed by atoms with Gasteiger partial charge in [0.2, 0.25) is 0 Å². The molecule has 0 spiro atoms. The molecule has 0 aromatic carbocycles. The van der Waals surface area contributed by atoms with Crippen molar-refractivity contribution in [3.63, 3.8) is 0 Å². The zero-order chi connectivity index (χ0) is 12.1. The van der Waals surface area contributed by atoms with E-state index in [0.717, 1.165) is 13.1 Å². The first-order valence-electron chi connectivity index (χ1n) is 6.30. The van der Waals surface area contributed by atoms with E-state index in [4.69, 9.17) is 0 Å². The summed E-state index contributed by atoms with van der Waals surface area (Å²) in [6.45, 7) is 13.1. The van der Waals surface area contributed by atoms with E-state index in [1.54, 1.807) is 0 Å². The molecule has 2 unspecified atom stereocenters. The third-order valence-corrected chi connectivity index (χ3v) is 3.20. The standard InChI is InChI=1S/C13H25N3/c1-6-16-8-7-14-13(16)12(5)11(4)9-15-10(2)3/h7-8,10-12,15H,6,9H2,1-5H3. The average molecular weight is 223 g/mol. The van der Waals surface area contributed by atoms with E-state index in [1.165, 1.54) is 5.82 Å². The van der Waals surface area contributed by atoms with Crippen molar-refractivity contribution >= 4 is 0 Å². The number of rotatable bonds is 6. The molecule has 2 atom stereocenters. The molecule has 0 saturated heterocycles. The molecule has 1 N–H and O–H groups in total. The molecule has 1 rings (SSSR count). The van der Waals surface area contributed by atoms with Gasteiger partial charge in [0.05, 0.1) is 0 Å². The van der Waals surface area contributed by atoms with Gasteiger partial charge in [-0.05, 0) is 19.4 Å². The molecule has 1 aromatic rings. The summed E-state index contributed by atoms with van der Waals surface area (Å²) in [5, 5.41) is 3.49. The minimum Gasteiger partial charge on any atom is -0.335 e. The van der Waals surface area contributed by atoms with Crippen molar-refractivity contribution in [3.8, 4) is 0 Å². The van der Waals surface area contributed by atoms with Crippen LogP contribution in [0.25, 0.3) is 0 Å². The summed E-state index contributed by atoms with van der Waals surface area (Å²) >= 11 is 0. The second-order valence-corrected chi connectivity index (χ2v) is 4.90. The van der Waals surface area contributed by atoms with Crippen LogP contribution >= 0.6 is 0 Å². The van der Waals surface area contributed by atoms with Crippen molar-refractivity contribution in [3.05, 3.63) is 18.2 Å². The maximum atomic E-state index is 4.47. The third-order valence-electron chi connectivity index (χ3n) is 3.20. The van der Waals surface area contributed by atoms with Crippen LogP contribution in [0, 0.1) is 5.92 Å². The summed E-state index contributed by atoms with van der Waals surface area (Å²) in [5.74, 6) is 2.32. The molecule has 16 heavy (non-hydrogen) atoms. The van der Waals surface area contributed by atoms with Crippen molar-refractivity contribution in [2.45, 2.75) is 53.1 Å². The number of aromatic nitrogens is 2. The Morgan fingerprint density at radius 2 is 2.00 bits per heavy atom. The minimum atomic E-state index is 0.501. The first-order chi connectivity index (χ1) is 7.56. The molecule has 0 amide bonds. The SMILES string of the molecule is CCn1ccnc1C(C)C(C)CNC(C)C. The lowest BCUT2D eigenvalue weighted by molar-refractivity contribution is 0.406. The monoisotopic (exact) mass is 223 g/mol. The Hall–Kier alpha value is -0.830. The van der Waals surface area contributed by atoms with Gasteiger partial charge in [-0.2, -0.15) is 0 Å². The zero-order valence-electron chi connectivity index (χ0n) is 11.2. The van der Waals surface area contributed by atoms with Crippen molar-refractivity contribution < 1.29 is 0 Å². The van der Waals surface area contributed by atoms with Gasteiger partial charge < -0.3 is 9.88 Å². The Morgan fingerprint density at radius 1 is 1.31 bits per heavy atom. The van der Waals surface area contributed by atoms with E-state index in [2.05, 4.69) is 55.7 Å². The van der Waals surface area contributed by atoms with Crippen LogP contribution in [-0.2, 0) is 6.54 Å². The quantitative estimate of drug-likeness (QED) is 0.803. The molecular weight excluding hydrogens is 198 g/mol. The lowest BCUT2D eigenvalue weighted by atomic mass is 9.95. The summed E-state index contributed by atoms with van der Waals surface area (Å²) in [6, 6.07) is 0.556. The molecule has 0 aliphatic carbocycles. The Kier molecular flexibility index (Phi) is 5.00. The topological polar surface area (TPSA) is 29.9 Å². The highest BCUT2D eigenvalue weighted by molar-refractivity contribution is 5.00. The van der Waals surface area contributed by atoms with Crippen molar-refractivity contribution in [1.29, 1.82) is 0 Å². The molecule has 1 heterocycles. The maximum absolute atomic E-state index is 4.47. The average Bonchev–Trinajstić information content (AvgIpc) is 2.72. The molecular formula is C13H25N3. The highest BCUT2D eigenvalue weighted by atomic mass is 15.1. The fourth-order valence-corrected chi connectivity index (χ4v) is 1.84.